The third-order valence-electron chi connectivity index (χ3n) is 4.19. The fraction of sp³-hybridized carbons (Fsp3) is 0.267. The van der Waals surface area contributed by atoms with Crippen molar-refractivity contribution >= 4 is 35.8 Å². The van der Waals surface area contributed by atoms with E-state index in [0.717, 1.165) is 25.9 Å². The van der Waals surface area contributed by atoms with E-state index in [2.05, 4.69) is 60.1 Å². The number of pyridine rings is 2. The molecular weight excluding hydrogens is 608 g/mol. The molecule has 0 bridgehead atoms. The van der Waals surface area contributed by atoms with Gasteiger partial charge < -0.3 is 40.4 Å². The van der Waals surface area contributed by atoms with Crippen LogP contribution in [0.2, 0.25) is 0 Å². The number of carbonyl (C=O) groups is 6. The minimum absolute atomic E-state index is 0.558. The first-order valence-electron chi connectivity index (χ1n) is 13.0. The molecule has 0 atom stereocenters. The Balaban J connectivity index is -0.000000508. The zero-order valence-corrected chi connectivity index (χ0v) is 25.8. The minimum atomic E-state index is -1.26. The Hall–Kier alpha value is -5.74. The van der Waals surface area contributed by atoms with Gasteiger partial charge in [-0.25, -0.2) is 28.8 Å². The van der Waals surface area contributed by atoms with Crippen LogP contribution in [0.25, 0.3) is 0 Å². The number of aliphatic carboxylic acids is 6. The molecule has 2 aromatic rings. The summed E-state index contributed by atoms with van der Waals surface area (Å²) < 4.78 is 0. The van der Waals surface area contributed by atoms with Crippen LogP contribution in [0.3, 0.4) is 0 Å². The molecule has 0 unspecified atom stereocenters. The van der Waals surface area contributed by atoms with Crippen molar-refractivity contribution in [2.75, 3.05) is 41.3 Å². The predicted molar refractivity (Wildman–Crippen MR) is 166 cm³/mol. The van der Waals surface area contributed by atoms with E-state index in [9.17, 15) is 28.8 Å². The van der Waals surface area contributed by atoms with Gasteiger partial charge in [0, 0.05) is 86.2 Å². The summed E-state index contributed by atoms with van der Waals surface area (Å²) in [5, 5.41) is 46.9. The second kappa shape index (κ2) is 29.3. The summed E-state index contributed by atoms with van der Waals surface area (Å²) in [6, 6.07) is 12.1. The van der Waals surface area contributed by atoms with Gasteiger partial charge in [0.1, 0.15) is 0 Å². The van der Waals surface area contributed by atoms with Crippen LogP contribution in [0.1, 0.15) is 11.4 Å². The topological polar surface area (TPSA) is 256 Å². The number of aromatic nitrogens is 2. The van der Waals surface area contributed by atoms with Gasteiger partial charge in [0.05, 0.1) is 0 Å². The van der Waals surface area contributed by atoms with Crippen LogP contribution >= 0.6 is 0 Å². The van der Waals surface area contributed by atoms with Crippen LogP contribution in [0.15, 0.2) is 85.2 Å². The van der Waals surface area contributed by atoms with E-state index in [-0.39, 0.29) is 0 Å². The van der Waals surface area contributed by atoms with Crippen LogP contribution in [-0.2, 0) is 41.6 Å². The highest BCUT2D eigenvalue weighted by molar-refractivity contribution is 5.90. The van der Waals surface area contributed by atoms with Crippen LogP contribution < -0.4 is 0 Å². The molecule has 0 aliphatic carbocycles. The van der Waals surface area contributed by atoms with Crippen molar-refractivity contribution in [2.45, 2.75) is 12.8 Å². The molecule has 0 aromatic carbocycles. The maximum atomic E-state index is 9.55. The summed E-state index contributed by atoms with van der Waals surface area (Å²) in [6.45, 7) is 2.13. The summed E-state index contributed by atoms with van der Waals surface area (Å²) in [4.78, 5) is 70.1. The number of hydrogen-bond donors (Lipinski definition) is 6. The Kier molecular flexibility index (Phi) is 28.5. The van der Waals surface area contributed by atoms with Gasteiger partial charge in [-0.05, 0) is 52.5 Å². The second-order valence-corrected chi connectivity index (χ2v) is 8.78. The first-order valence-corrected chi connectivity index (χ1v) is 13.0. The quantitative estimate of drug-likeness (QED) is 0.178. The molecule has 0 saturated carbocycles. The molecule has 6 N–H and O–H groups in total. The van der Waals surface area contributed by atoms with Crippen molar-refractivity contribution in [3.8, 4) is 0 Å². The molecule has 0 aliphatic rings. The van der Waals surface area contributed by atoms with Gasteiger partial charge in [-0.3, -0.25) is 9.97 Å². The Morgan fingerprint density at radius 1 is 0.500 bits per heavy atom. The predicted octanol–water partition coefficient (Wildman–Crippen LogP) is 1.51. The lowest BCUT2D eigenvalue weighted by Gasteiger charge is -2.07. The van der Waals surface area contributed by atoms with E-state index >= 15 is 0 Å². The van der Waals surface area contributed by atoms with Crippen molar-refractivity contribution in [3.05, 3.63) is 96.6 Å². The summed E-state index contributed by atoms with van der Waals surface area (Å²) in [5.74, 6) is -7.54. The maximum Gasteiger partial charge on any atom is 0.328 e. The number of nitrogens with zero attached hydrogens (tertiary/aromatic N) is 4. The smallest absolute Gasteiger partial charge is 0.328 e. The van der Waals surface area contributed by atoms with Gasteiger partial charge in [0.25, 0.3) is 0 Å². The zero-order chi connectivity index (χ0) is 35.9. The van der Waals surface area contributed by atoms with Gasteiger partial charge in [-0.15, -0.1) is 0 Å². The molecule has 0 fully saturated rings. The van der Waals surface area contributed by atoms with Crippen LogP contribution in [0.4, 0.5) is 0 Å². The van der Waals surface area contributed by atoms with Crippen LogP contribution in [0, 0.1) is 0 Å². The molecule has 252 valence electrons. The number of hydrogen-bond acceptors (Lipinski definition) is 10. The Labute approximate surface area is 265 Å². The van der Waals surface area contributed by atoms with Gasteiger partial charge in [0.2, 0.25) is 0 Å². The van der Waals surface area contributed by atoms with Crippen molar-refractivity contribution < 1.29 is 59.4 Å². The number of carboxylic acids is 6. The normalized spacial score (nSPS) is 9.96. The van der Waals surface area contributed by atoms with E-state index in [0.29, 0.717) is 36.5 Å². The number of rotatable bonds is 12. The molecule has 2 rings (SSSR count). The molecule has 16 heteroatoms. The van der Waals surface area contributed by atoms with E-state index in [1.807, 2.05) is 36.7 Å². The van der Waals surface area contributed by atoms with Crippen molar-refractivity contribution in [1.82, 2.24) is 19.8 Å². The van der Waals surface area contributed by atoms with Crippen molar-refractivity contribution in [1.29, 1.82) is 0 Å². The van der Waals surface area contributed by atoms with E-state index < -0.39 is 35.8 Å². The van der Waals surface area contributed by atoms with Crippen LogP contribution in [0.5, 0.6) is 0 Å². The lowest BCUT2D eigenvalue weighted by atomic mass is 10.3. The molecule has 0 spiro atoms. The third-order valence-corrected chi connectivity index (χ3v) is 4.19. The average Bonchev–Trinajstić information content (AvgIpc) is 2.98. The Bertz CT molecular complexity index is 1090. The molecule has 0 radical (unpaired) electrons. The molecule has 0 amide bonds. The number of carboxylic acid groups (broad SMARTS) is 6. The fourth-order valence-corrected chi connectivity index (χ4v) is 2.20. The highest BCUT2D eigenvalue weighted by atomic mass is 16.4. The average molecular weight is 649 g/mol. The second-order valence-electron chi connectivity index (χ2n) is 8.78. The fourth-order valence-electron chi connectivity index (χ4n) is 2.20. The van der Waals surface area contributed by atoms with E-state index in [1.165, 1.54) is 11.4 Å². The lowest BCUT2D eigenvalue weighted by Crippen LogP contribution is -2.15. The first-order chi connectivity index (χ1) is 21.5. The maximum absolute atomic E-state index is 9.55. The van der Waals surface area contributed by atoms with Crippen molar-refractivity contribution in [3.63, 3.8) is 0 Å². The molecule has 2 heterocycles. The van der Waals surface area contributed by atoms with Gasteiger partial charge >= 0.3 is 35.8 Å². The Morgan fingerprint density at radius 3 is 0.891 bits per heavy atom. The largest absolute Gasteiger partial charge is 0.478 e. The van der Waals surface area contributed by atoms with E-state index in [1.54, 1.807) is 0 Å². The third kappa shape index (κ3) is 42.7. The molecular formula is C30H40N4O12. The standard InChI is InChI=1S/2C9H14N2.3C4H4O4/c2*1-11(2)8-6-9-5-3-4-7-10-9;3*5-3(6)1-2-4(7)8/h2*3-5,7H,6,8H2,1-2H3;3*1-2H,(H,5,6)(H,7,8). The molecule has 16 nitrogen and oxygen atoms in total. The van der Waals surface area contributed by atoms with E-state index in [4.69, 9.17) is 30.6 Å². The van der Waals surface area contributed by atoms with Gasteiger partial charge in [-0.2, -0.15) is 0 Å². The summed E-state index contributed by atoms with van der Waals surface area (Å²) in [7, 11) is 8.29. The molecule has 0 aliphatic heterocycles. The van der Waals surface area contributed by atoms with Crippen molar-refractivity contribution in [2.24, 2.45) is 0 Å². The first kappa shape index (κ1) is 44.7. The molecule has 0 saturated heterocycles. The lowest BCUT2D eigenvalue weighted by molar-refractivity contribution is -0.134. The minimum Gasteiger partial charge on any atom is -0.478 e. The monoisotopic (exact) mass is 648 g/mol. The van der Waals surface area contributed by atoms with Gasteiger partial charge in [0.15, 0.2) is 0 Å². The summed E-state index contributed by atoms with van der Waals surface area (Å²) >= 11 is 0. The summed E-state index contributed by atoms with van der Waals surface area (Å²) in [6.07, 6.45) is 9.09. The highest BCUT2D eigenvalue weighted by Gasteiger charge is 1.94. The Morgan fingerprint density at radius 2 is 0.739 bits per heavy atom. The van der Waals surface area contributed by atoms with Crippen LogP contribution in [-0.4, -0.2) is 128 Å². The highest BCUT2D eigenvalue weighted by Crippen LogP contribution is 1.95. The SMILES string of the molecule is CN(C)CCc1ccccn1.CN(C)CCc1ccccn1.O=C(O)C=CC(=O)O.O=C(O)C=CC(=O)O.O=C(O)C=CC(=O)O. The molecule has 2 aromatic heterocycles. The molecule has 46 heavy (non-hydrogen) atoms. The summed E-state index contributed by atoms with van der Waals surface area (Å²) in [5.41, 5.74) is 2.34. The van der Waals surface area contributed by atoms with Gasteiger partial charge in [-0.1, -0.05) is 12.1 Å². The zero-order valence-electron chi connectivity index (χ0n) is 25.8. The number of likely N-dealkylation sites (N-methyl/N-ethyl adjacent to an activating group) is 2.